The molecule has 7 aromatic rings. The van der Waals surface area contributed by atoms with Crippen molar-refractivity contribution in [3.8, 4) is 22.4 Å². The fraction of sp³-hybridized carbons (Fsp3) is 0.0238. The highest BCUT2D eigenvalue weighted by atomic mass is 14.9. The summed E-state index contributed by atoms with van der Waals surface area (Å²) in [6, 6.07) is 52.1. The Kier molecular flexibility index (Phi) is 7.65. The first-order valence-electron chi connectivity index (χ1n) is 15.1. The minimum atomic E-state index is 0.628. The summed E-state index contributed by atoms with van der Waals surface area (Å²) in [5, 5.41) is 4.70. The zero-order valence-electron chi connectivity index (χ0n) is 25.1. The molecule has 1 aromatic heterocycles. The average molecular weight is 578 g/mol. The van der Waals surface area contributed by atoms with Gasteiger partial charge in [0.1, 0.15) is 0 Å². The summed E-state index contributed by atoms with van der Waals surface area (Å²) in [5.74, 6) is 0.628. The van der Waals surface area contributed by atoms with Crippen LogP contribution < -0.4 is 0 Å². The van der Waals surface area contributed by atoms with Gasteiger partial charge in [-0.05, 0) is 63.4 Å². The molecule has 0 bridgehead atoms. The lowest BCUT2D eigenvalue weighted by atomic mass is 9.87. The Morgan fingerprint density at radius 2 is 1.04 bits per heavy atom. The fourth-order valence-electron chi connectivity index (χ4n) is 5.92. The summed E-state index contributed by atoms with van der Waals surface area (Å²) in [6.07, 6.45) is 1.86. The first kappa shape index (κ1) is 27.9. The van der Waals surface area contributed by atoms with Gasteiger partial charge in [-0.3, -0.25) is 4.98 Å². The standard InChI is InChI=1S/C42H31N3/c1-29(31-16-5-3-6-17-31)44-42(32-18-7-4-8-19-32)45-30(2)33-20-15-21-34(28-33)40-35-22-9-11-24-37(35)41(39-26-13-14-27-43-39)38-25-12-10-23-36(38)40/h3-28H,2H2,1H3/b44-29+,45-42-. The molecule has 0 aliphatic rings. The van der Waals surface area contributed by atoms with Gasteiger partial charge >= 0.3 is 0 Å². The lowest BCUT2D eigenvalue weighted by molar-refractivity contribution is 1.34. The second-order valence-corrected chi connectivity index (χ2v) is 10.9. The van der Waals surface area contributed by atoms with Crippen LogP contribution in [0.2, 0.25) is 0 Å². The molecule has 6 aromatic carbocycles. The molecule has 0 spiro atoms. The summed E-state index contributed by atoms with van der Waals surface area (Å²) < 4.78 is 0. The molecule has 0 saturated heterocycles. The van der Waals surface area contributed by atoms with Crippen molar-refractivity contribution in [3.05, 3.63) is 181 Å². The van der Waals surface area contributed by atoms with E-state index < -0.39 is 0 Å². The maximum absolute atomic E-state index is 5.02. The van der Waals surface area contributed by atoms with Gasteiger partial charge in [-0.2, -0.15) is 0 Å². The summed E-state index contributed by atoms with van der Waals surface area (Å²) in [5.41, 5.74) is 8.88. The van der Waals surface area contributed by atoms with Gasteiger partial charge in [0.25, 0.3) is 0 Å². The Balaban J connectivity index is 1.37. The molecule has 45 heavy (non-hydrogen) atoms. The predicted molar refractivity (Wildman–Crippen MR) is 191 cm³/mol. The van der Waals surface area contributed by atoms with Crippen LogP contribution in [0, 0.1) is 0 Å². The van der Waals surface area contributed by atoms with Gasteiger partial charge in [-0.25, -0.2) is 9.98 Å². The Morgan fingerprint density at radius 3 is 1.64 bits per heavy atom. The molecule has 0 aliphatic heterocycles. The summed E-state index contributed by atoms with van der Waals surface area (Å²) >= 11 is 0. The Bertz CT molecular complexity index is 2160. The highest BCUT2D eigenvalue weighted by molar-refractivity contribution is 6.21. The third-order valence-electron chi connectivity index (χ3n) is 8.08. The van der Waals surface area contributed by atoms with Gasteiger partial charge in [0.15, 0.2) is 5.84 Å². The molecule has 7 rings (SSSR count). The Morgan fingerprint density at radius 1 is 0.511 bits per heavy atom. The quantitative estimate of drug-likeness (QED) is 0.110. The number of nitrogens with zero attached hydrogens (tertiary/aromatic N) is 3. The van der Waals surface area contributed by atoms with E-state index in [1.54, 1.807) is 0 Å². The van der Waals surface area contributed by atoms with Crippen LogP contribution in [-0.2, 0) is 0 Å². The maximum atomic E-state index is 5.02. The van der Waals surface area contributed by atoms with E-state index in [1.165, 1.54) is 27.1 Å². The SMILES string of the molecule is C=C(/N=C(\N=C(/C)c1ccccc1)c1ccccc1)c1cccc(-c2c3ccccc3c(-c3ccccn3)c3ccccc23)c1. The highest BCUT2D eigenvalue weighted by Gasteiger charge is 2.17. The second kappa shape index (κ2) is 12.4. The number of aliphatic imine (C=N–C) groups is 2. The lowest BCUT2D eigenvalue weighted by Crippen LogP contribution is -2.04. The molecule has 0 unspecified atom stereocenters. The van der Waals surface area contributed by atoms with Crippen molar-refractivity contribution in [3.63, 3.8) is 0 Å². The third kappa shape index (κ3) is 5.60. The van der Waals surface area contributed by atoms with E-state index in [9.17, 15) is 0 Å². The Labute approximate surface area is 263 Å². The minimum absolute atomic E-state index is 0.628. The molecule has 0 N–H and O–H groups in total. The molecule has 3 heteroatoms. The number of benzene rings is 6. The van der Waals surface area contributed by atoms with E-state index in [0.29, 0.717) is 11.5 Å². The van der Waals surface area contributed by atoms with Crippen molar-refractivity contribution in [1.82, 2.24) is 4.98 Å². The van der Waals surface area contributed by atoms with Crippen LogP contribution in [0.15, 0.2) is 174 Å². The number of pyridine rings is 1. The van der Waals surface area contributed by atoms with E-state index in [-0.39, 0.29) is 0 Å². The van der Waals surface area contributed by atoms with Gasteiger partial charge in [0, 0.05) is 28.6 Å². The zero-order valence-corrected chi connectivity index (χ0v) is 25.1. The molecule has 1 heterocycles. The van der Waals surface area contributed by atoms with E-state index >= 15 is 0 Å². The summed E-state index contributed by atoms with van der Waals surface area (Å²) in [4.78, 5) is 14.7. The van der Waals surface area contributed by atoms with Crippen LogP contribution in [0.4, 0.5) is 0 Å². The van der Waals surface area contributed by atoms with E-state index in [4.69, 9.17) is 15.0 Å². The summed E-state index contributed by atoms with van der Waals surface area (Å²) in [6.45, 7) is 6.43. The van der Waals surface area contributed by atoms with E-state index in [1.807, 2.05) is 73.8 Å². The van der Waals surface area contributed by atoms with Crippen LogP contribution in [0.3, 0.4) is 0 Å². The van der Waals surface area contributed by atoms with Gasteiger partial charge < -0.3 is 0 Å². The van der Waals surface area contributed by atoms with Crippen LogP contribution in [-0.4, -0.2) is 16.5 Å². The van der Waals surface area contributed by atoms with Crippen molar-refractivity contribution in [2.75, 3.05) is 0 Å². The molecule has 214 valence electrons. The largest absolute Gasteiger partial charge is 0.256 e. The molecule has 0 aliphatic carbocycles. The lowest BCUT2D eigenvalue weighted by Gasteiger charge is -2.17. The summed E-state index contributed by atoms with van der Waals surface area (Å²) in [7, 11) is 0. The minimum Gasteiger partial charge on any atom is -0.256 e. The smallest absolute Gasteiger partial charge is 0.160 e. The Hall–Kier alpha value is -5.93. The van der Waals surface area contributed by atoms with E-state index in [2.05, 4.69) is 97.6 Å². The number of hydrogen-bond donors (Lipinski definition) is 0. The normalized spacial score (nSPS) is 12.0. The average Bonchev–Trinajstić information content (AvgIpc) is 3.11. The predicted octanol–water partition coefficient (Wildman–Crippen LogP) is 10.6. The number of aromatic nitrogens is 1. The van der Waals surface area contributed by atoms with E-state index in [0.717, 1.165) is 39.2 Å². The van der Waals surface area contributed by atoms with Crippen molar-refractivity contribution in [1.29, 1.82) is 0 Å². The van der Waals surface area contributed by atoms with Gasteiger partial charge in [0.2, 0.25) is 0 Å². The van der Waals surface area contributed by atoms with Gasteiger partial charge in [0.05, 0.1) is 11.4 Å². The third-order valence-corrected chi connectivity index (χ3v) is 8.08. The van der Waals surface area contributed by atoms with Gasteiger partial charge in [-0.15, -0.1) is 0 Å². The fourth-order valence-corrected chi connectivity index (χ4v) is 5.92. The monoisotopic (exact) mass is 577 g/mol. The molecule has 0 fully saturated rings. The highest BCUT2D eigenvalue weighted by Crippen LogP contribution is 2.43. The van der Waals surface area contributed by atoms with Crippen molar-refractivity contribution < 1.29 is 0 Å². The van der Waals surface area contributed by atoms with Gasteiger partial charge in [-0.1, -0.05) is 140 Å². The first-order valence-corrected chi connectivity index (χ1v) is 15.1. The molecular formula is C42H31N3. The topological polar surface area (TPSA) is 37.6 Å². The number of fused-ring (bicyclic) bond motifs is 2. The molecule has 0 atom stereocenters. The first-order chi connectivity index (χ1) is 22.2. The number of amidine groups is 1. The van der Waals surface area contributed by atoms with Crippen molar-refractivity contribution >= 4 is 38.8 Å². The van der Waals surface area contributed by atoms with Crippen molar-refractivity contribution in [2.45, 2.75) is 6.92 Å². The maximum Gasteiger partial charge on any atom is 0.160 e. The van der Waals surface area contributed by atoms with Crippen molar-refractivity contribution in [2.24, 2.45) is 9.98 Å². The number of rotatable bonds is 6. The second-order valence-electron chi connectivity index (χ2n) is 10.9. The molecule has 3 nitrogen and oxygen atoms in total. The van der Waals surface area contributed by atoms with Crippen LogP contribution in [0.1, 0.15) is 23.6 Å². The number of hydrogen-bond acceptors (Lipinski definition) is 2. The molecular weight excluding hydrogens is 546 g/mol. The van der Waals surface area contributed by atoms with Crippen LogP contribution in [0.5, 0.6) is 0 Å². The molecule has 0 saturated carbocycles. The zero-order chi connectivity index (χ0) is 30.6. The molecule has 0 amide bonds. The van der Waals surface area contributed by atoms with Crippen LogP contribution >= 0.6 is 0 Å². The molecule has 0 radical (unpaired) electrons. The van der Waals surface area contributed by atoms with Crippen LogP contribution in [0.25, 0.3) is 49.6 Å².